The molecule has 0 aromatic carbocycles. The quantitative estimate of drug-likeness (QED) is 0.665. The minimum absolute atomic E-state index is 0.00748. The lowest BCUT2D eigenvalue weighted by atomic mass is 9.70. The molecular weight excluding hydrogens is 371 g/mol. The summed E-state index contributed by atoms with van der Waals surface area (Å²) in [5.41, 5.74) is -0.00748. The van der Waals surface area contributed by atoms with Crippen molar-refractivity contribution in [2.24, 2.45) is 11.8 Å². The Kier molecular flexibility index (Phi) is 6.18. The molecule has 2 bridgehead atoms. The lowest BCUT2D eigenvalue weighted by Gasteiger charge is -2.42. The summed E-state index contributed by atoms with van der Waals surface area (Å²) in [6.07, 6.45) is 7.86. The fourth-order valence-corrected chi connectivity index (χ4v) is 7.16. The fraction of sp³-hybridized carbons (Fsp3) is 1.00. The smallest absolute Gasteiger partial charge is 0.106 e. The van der Waals surface area contributed by atoms with E-state index < -0.39 is 6.17 Å². The van der Waals surface area contributed by atoms with E-state index in [4.69, 9.17) is 14.2 Å². The van der Waals surface area contributed by atoms with Gasteiger partial charge in [0.05, 0.1) is 50.2 Å². The van der Waals surface area contributed by atoms with Crippen LogP contribution in [0.15, 0.2) is 0 Å². The first-order chi connectivity index (χ1) is 14.2. The molecule has 0 amide bonds. The molecule has 3 unspecified atom stereocenters. The first kappa shape index (κ1) is 20.6. The van der Waals surface area contributed by atoms with Crippen molar-refractivity contribution in [3.8, 4) is 0 Å². The molecule has 1 spiro atoms. The van der Waals surface area contributed by atoms with Crippen LogP contribution in [0.3, 0.4) is 0 Å². The largest absolute Gasteiger partial charge is 0.378 e. The second-order valence-electron chi connectivity index (χ2n) is 10.2. The summed E-state index contributed by atoms with van der Waals surface area (Å²) in [7, 11) is 0. The van der Waals surface area contributed by atoms with Gasteiger partial charge in [-0.15, -0.1) is 0 Å². The minimum atomic E-state index is -0.688. The SMILES string of the molecule is C[C@@H]1C[C@@]2(COCCN2)[C@@H]2COC3CCC(CC3)C3C(F)CCCC3OCCN12. The van der Waals surface area contributed by atoms with Crippen LogP contribution in [0.4, 0.5) is 4.39 Å². The van der Waals surface area contributed by atoms with Crippen LogP contribution in [0, 0.1) is 11.8 Å². The summed E-state index contributed by atoms with van der Waals surface area (Å²) in [6, 6.07) is 0.787. The van der Waals surface area contributed by atoms with Crippen LogP contribution < -0.4 is 5.32 Å². The van der Waals surface area contributed by atoms with E-state index in [1.807, 2.05) is 0 Å². The zero-order chi connectivity index (χ0) is 19.8. The van der Waals surface area contributed by atoms with Gasteiger partial charge in [0.15, 0.2) is 0 Å². The molecule has 4 saturated heterocycles. The number of hydrogen-bond donors (Lipinski definition) is 1. The van der Waals surface area contributed by atoms with Gasteiger partial charge in [-0.2, -0.15) is 0 Å². The predicted molar refractivity (Wildman–Crippen MR) is 110 cm³/mol. The molecule has 2 saturated carbocycles. The highest BCUT2D eigenvalue weighted by molar-refractivity contribution is 5.10. The van der Waals surface area contributed by atoms with E-state index in [9.17, 15) is 4.39 Å². The van der Waals surface area contributed by atoms with E-state index in [2.05, 4.69) is 17.1 Å². The average Bonchev–Trinajstić information content (AvgIpc) is 2.98. The number of ether oxygens (including phenoxy) is 3. The van der Waals surface area contributed by atoms with Gasteiger partial charge < -0.3 is 19.5 Å². The first-order valence-corrected chi connectivity index (χ1v) is 12.1. The highest BCUT2D eigenvalue weighted by Crippen LogP contribution is 2.43. The molecule has 1 N–H and O–H groups in total. The topological polar surface area (TPSA) is 43.0 Å². The molecule has 4 aliphatic heterocycles. The number of alkyl halides is 1. The molecule has 4 heterocycles. The van der Waals surface area contributed by atoms with Gasteiger partial charge in [-0.3, -0.25) is 4.90 Å². The Morgan fingerprint density at radius 3 is 2.69 bits per heavy atom. The molecule has 0 aromatic rings. The number of morpholine rings is 1. The summed E-state index contributed by atoms with van der Waals surface area (Å²) in [4.78, 5) is 2.58. The summed E-state index contributed by atoms with van der Waals surface area (Å²) in [5, 5.41) is 3.81. The number of hydrogen-bond acceptors (Lipinski definition) is 5. The van der Waals surface area contributed by atoms with Crippen LogP contribution in [0.2, 0.25) is 0 Å². The molecule has 166 valence electrons. The van der Waals surface area contributed by atoms with E-state index in [1.165, 1.54) is 0 Å². The monoisotopic (exact) mass is 410 g/mol. The Balaban J connectivity index is 1.37. The van der Waals surface area contributed by atoms with E-state index in [0.717, 1.165) is 84.3 Å². The van der Waals surface area contributed by atoms with Crippen LogP contribution in [-0.2, 0) is 14.2 Å². The minimum Gasteiger partial charge on any atom is -0.378 e. The van der Waals surface area contributed by atoms with Crippen molar-refractivity contribution in [1.82, 2.24) is 10.2 Å². The Morgan fingerprint density at radius 1 is 1.03 bits per heavy atom. The maximum absolute atomic E-state index is 15.0. The highest BCUT2D eigenvalue weighted by Gasteiger charge is 2.52. The molecule has 2 aliphatic carbocycles. The summed E-state index contributed by atoms with van der Waals surface area (Å²) in [6.45, 7) is 7.15. The predicted octanol–water partition coefficient (Wildman–Crippen LogP) is 2.92. The Labute approximate surface area is 175 Å². The maximum atomic E-state index is 15.0. The van der Waals surface area contributed by atoms with Crippen LogP contribution in [0.5, 0.6) is 0 Å². The van der Waals surface area contributed by atoms with Crippen molar-refractivity contribution in [2.75, 3.05) is 39.5 Å². The van der Waals surface area contributed by atoms with Gasteiger partial charge in [-0.25, -0.2) is 4.39 Å². The van der Waals surface area contributed by atoms with E-state index >= 15 is 0 Å². The molecule has 6 atom stereocenters. The fourth-order valence-electron chi connectivity index (χ4n) is 7.16. The van der Waals surface area contributed by atoms with Crippen molar-refractivity contribution in [1.29, 1.82) is 0 Å². The van der Waals surface area contributed by atoms with Crippen LogP contribution in [-0.4, -0.2) is 80.4 Å². The van der Waals surface area contributed by atoms with Crippen molar-refractivity contribution < 1.29 is 18.6 Å². The second-order valence-corrected chi connectivity index (χ2v) is 10.2. The van der Waals surface area contributed by atoms with Crippen molar-refractivity contribution in [3.63, 3.8) is 0 Å². The van der Waals surface area contributed by atoms with Gasteiger partial charge >= 0.3 is 0 Å². The normalized spacial score (nSPS) is 49.7. The molecule has 6 rings (SSSR count). The zero-order valence-electron chi connectivity index (χ0n) is 18.0. The molecule has 5 nitrogen and oxygen atoms in total. The molecule has 6 aliphatic rings. The first-order valence-electron chi connectivity index (χ1n) is 12.1. The van der Waals surface area contributed by atoms with Crippen LogP contribution in [0.25, 0.3) is 0 Å². The molecule has 0 aromatic heterocycles. The van der Waals surface area contributed by atoms with Crippen LogP contribution >= 0.6 is 0 Å². The molecule has 0 radical (unpaired) electrons. The Morgan fingerprint density at radius 2 is 1.90 bits per heavy atom. The third-order valence-electron chi connectivity index (χ3n) is 8.60. The van der Waals surface area contributed by atoms with E-state index in [0.29, 0.717) is 30.7 Å². The van der Waals surface area contributed by atoms with E-state index in [-0.39, 0.29) is 17.6 Å². The third-order valence-corrected chi connectivity index (χ3v) is 8.60. The lowest BCUT2D eigenvalue weighted by molar-refractivity contribution is -0.0772. The second kappa shape index (κ2) is 8.70. The summed E-state index contributed by atoms with van der Waals surface area (Å²) >= 11 is 0. The Bertz CT molecular complexity index is 550. The van der Waals surface area contributed by atoms with Gasteiger partial charge in [0.25, 0.3) is 0 Å². The lowest BCUT2D eigenvalue weighted by Crippen LogP contribution is -2.63. The van der Waals surface area contributed by atoms with Crippen molar-refractivity contribution >= 4 is 0 Å². The number of rotatable bonds is 0. The highest BCUT2D eigenvalue weighted by atomic mass is 19.1. The van der Waals surface area contributed by atoms with Gasteiger partial charge in [0.1, 0.15) is 6.17 Å². The summed E-state index contributed by atoms with van der Waals surface area (Å²) < 4.78 is 33.8. The number of fused-ring (bicyclic) bond motifs is 5. The standard InChI is InChI=1S/C23H39FN2O3/c1-16-13-23(15-27-11-9-25-23)21-14-29-18-7-5-17(6-8-18)22-19(24)3-2-4-20(22)28-12-10-26(16)21/h16-22,25H,2-15H2,1H3/t16-,17?,18?,19?,20?,21+,22?,23-/m1/s1. The van der Waals surface area contributed by atoms with E-state index in [1.54, 1.807) is 0 Å². The molecular formula is C23H39FN2O3. The van der Waals surface area contributed by atoms with Crippen LogP contribution in [0.1, 0.15) is 58.3 Å². The molecule has 6 fully saturated rings. The van der Waals surface area contributed by atoms with Crippen molar-refractivity contribution in [3.05, 3.63) is 0 Å². The number of halogens is 1. The van der Waals surface area contributed by atoms with Gasteiger partial charge in [-0.05, 0) is 64.2 Å². The maximum Gasteiger partial charge on any atom is 0.106 e. The molecule has 6 heteroatoms. The average molecular weight is 411 g/mol. The summed E-state index contributed by atoms with van der Waals surface area (Å²) in [5.74, 6) is 0.561. The van der Waals surface area contributed by atoms with Crippen molar-refractivity contribution in [2.45, 2.75) is 94.3 Å². The number of nitrogens with one attached hydrogen (secondary N) is 1. The van der Waals surface area contributed by atoms with Gasteiger partial charge in [-0.1, -0.05) is 0 Å². The van der Waals surface area contributed by atoms with Gasteiger partial charge in [0, 0.05) is 25.0 Å². The number of nitrogens with zero attached hydrogens (tertiary/aromatic N) is 1. The molecule has 29 heavy (non-hydrogen) atoms. The zero-order valence-corrected chi connectivity index (χ0v) is 18.0. The third kappa shape index (κ3) is 4.00. The Hall–Kier alpha value is -0.270. The van der Waals surface area contributed by atoms with Gasteiger partial charge in [0.2, 0.25) is 0 Å².